The van der Waals surface area contributed by atoms with Gasteiger partial charge in [-0.05, 0) is 60.0 Å². The smallest absolute Gasteiger partial charge is 0.268 e. The van der Waals surface area contributed by atoms with E-state index in [0.717, 1.165) is 44.1 Å². The van der Waals surface area contributed by atoms with Crippen molar-refractivity contribution in [2.75, 3.05) is 4.90 Å². The van der Waals surface area contributed by atoms with Gasteiger partial charge < -0.3 is 4.57 Å². The zero-order chi connectivity index (χ0) is 29.1. The highest BCUT2D eigenvalue weighted by atomic mass is 16.2. The molecule has 0 atom stereocenters. The van der Waals surface area contributed by atoms with Gasteiger partial charge in [-0.15, -0.1) is 0 Å². The zero-order valence-electron chi connectivity index (χ0n) is 23.5. The van der Waals surface area contributed by atoms with Crippen molar-refractivity contribution >= 4 is 39.3 Å². The highest BCUT2D eigenvalue weighted by Crippen LogP contribution is 2.41. The van der Waals surface area contributed by atoms with E-state index in [9.17, 15) is 9.59 Å². The molecule has 0 unspecified atom stereocenters. The van der Waals surface area contributed by atoms with E-state index in [1.54, 1.807) is 6.07 Å². The van der Waals surface area contributed by atoms with Gasteiger partial charge in [-0.2, -0.15) is 0 Å². The highest BCUT2D eigenvalue weighted by Gasteiger charge is 2.40. The lowest BCUT2D eigenvalue weighted by Gasteiger charge is -2.18. The molecule has 2 amide bonds. The summed E-state index contributed by atoms with van der Waals surface area (Å²) in [6.07, 6.45) is 0. The van der Waals surface area contributed by atoms with Crippen LogP contribution >= 0.6 is 0 Å². The molecule has 0 saturated heterocycles. The maximum absolute atomic E-state index is 14.3. The number of imide groups is 1. The molecule has 204 valence electrons. The Hall–Kier alpha value is -5.74. The van der Waals surface area contributed by atoms with Crippen LogP contribution in [0.4, 0.5) is 5.69 Å². The van der Waals surface area contributed by atoms with Crippen molar-refractivity contribution in [3.05, 3.63) is 156 Å². The lowest BCUT2D eigenvalue weighted by molar-refractivity contribution is 0.0926. The molecule has 0 aliphatic carbocycles. The fourth-order valence-corrected chi connectivity index (χ4v) is 6.36. The van der Waals surface area contributed by atoms with Gasteiger partial charge in [-0.3, -0.25) is 9.59 Å². The predicted octanol–water partition coefficient (Wildman–Crippen LogP) is 9.23. The minimum Gasteiger partial charge on any atom is -0.308 e. The molecular weight excluding hydrogens is 528 g/mol. The van der Waals surface area contributed by atoms with E-state index in [4.69, 9.17) is 0 Å². The maximum Gasteiger partial charge on any atom is 0.268 e. The van der Waals surface area contributed by atoms with E-state index in [1.165, 1.54) is 10.5 Å². The summed E-state index contributed by atoms with van der Waals surface area (Å²) >= 11 is 0. The van der Waals surface area contributed by atoms with Crippen LogP contribution in [0.5, 0.6) is 0 Å². The Kier molecular flexibility index (Phi) is 5.63. The molecule has 0 N–H and O–H groups in total. The zero-order valence-corrected chi connectivity index (χ0v) is 23.5. The standard InChI is InChI=1S/C39H26N2O2/c1-25-18-20-26(21-19-25)28-22-23-35-32(24-28)30-13-6-8-16-34(30)40(35)36-17-9-14-31-37(36)39(43)41(38(31)42)33-15-7-5-12-29(33)27-10-3-2-4-11-27/h2-24H,1H3. The van der Waals surface area contributed by atoms with Crippen LogP contribution in [0.15, 0.2) is 140 Å². The Balaban J connectivity index is 1.32. The number of nitrogens with zero attached hydrogens (tertiary/aromatic N) is 2. The van der Waals surface area contributed by atoms with Crippen LogP contribution in [0.3, 0.4) is 0 Å². The molecule has 0 radical (unpaired) electrons. The van der Waals surface area contributed by atoms with Gasteiger partial charge in [-0.25, -0.2) is 4.90 Å². The number of carbonyl (C=O) groups excluding carboxylic acids is 2. The Labute approximate surface area is 249 Å². The molecule has 6 aromatic carbocycles. The SMILES string of the molecule is Cc1ccc(-c2ccc3c(c2)c2ccccc2n3-c2cccc3c2C(=O)N(c2ccccc2-c2ccccc2)C3=O)cc1. The van der Waals surface area contributed by atoms with Crippen LogP contribution in [-0.2, 0) is 0 Å². The molecule has 0 fully saturated rings. The van der Waals surface area contributed by atoms with Crippen molar-refractivity contribution in [2.45, 2.75) is 6.92 Å². The summed E-state index contributed by atoms with van der Waals surface area (Å²) < 4.78 is 2.13. The van der Waals surface area contributed by atoms with Crippen LogP contribution in [0.25, 0.3) is 49.7 Å². The van der Waals surface area contributed by atoms with Gasteiger partial charge in [0, 0.05) is 16.3 Å². The number of carbonyl (C=O) groups is 2. The summed E-state index contributed by atoms with van der Waals surface area (Å²) in [5.41, 5.74) is 9.35. The van der Waals surface area contributed by atoms with Gasteiger partial charge in [0.2, 0.25) is 0 Å². The van der Waals surface area contributed by atoms with Crippen LogP contribution < -0.4 is 4.90 Å². The number of hydrogen-bond donors (Lipinski definition) is 0. The number of fused-ring (bicyclic) bond motifs is 4. The average molecular weight is 555 g/mol. The van der Waals surface area contributed by atoms with E-state index < -0.39 is 0 Å². The van der Waals surface area contributed by atoms with Crippen LogP contribution in [0.1, 0.15) is 26.3 Å². The van der Waals surface area contributed by atoms with Gasteiger partial charge in [0.25, 0.3) is 11.8 Å². The summed E-state index contributed by atoms with van der Waals surface area (Å²) in [7, 11) is 0. The predicted molar refractivity (Wildman–Crippen MR) is 174 cm³/mol. The van der Waals surface area contributed by atoms with E-state index in [0.29, 0.717) is 22.5 Å². The Morgan fingerprint density at radius 3 is 1.95 bits per heavy atom. The second kappa shape index (κ2) is 9.68. The first-order valence-electron chi connectivity index (χ1n) is 14.4. The van der Waals surface area contributed by atoms with Crippen molar-refractivity contribution in [1.82, 2.24) is 4.57 Å². The number of rotatable bonds is 4. The van der Waals surface area contributed by atoms with E-state index in [2.05, 4.69) is 66.1 Å². The van der Waals surface area contributed by atoms with Crippen LogP contribution in [0, 0.1) is 6.92 Å². The van der Waals surface area contributed by atoms with Crippen molar-refractivity contribution in [2.24, 2.45) is 0 Å². The van der Waals surface area contributed by atoms with Gasteiger partial charge in [0.15, 0.2) is 0 Å². The molecular formula is C39H26N2O2. The lowest BCUT2D eigenvalue weighted by atomic mass is 10.0. The number of anilines is 1. The van der Waals surface area contributed by atoms with Crippen molar-refractivity contribution in [3.8, 4) is 27.9 Å². The van der Waals surface area contributed by atoms with E-state index >= 15 is 0 Å². The first kappa shape index (κ1) is 25.0. The minimum absolute atomic E-state index is 0.312. The number of amides is 2. The molecule has 1 aliphatic rings. The molecule has 7 aromatic rings. The fourth-order valence-electron chi connectivity index (χ4n) is 6.36. The monoisotopic (exact) mass is 554 g/mol. The Morgan fingerprint density at radius 1 is 0.465 bits per heavy atom. The van der Waals surface area contributed by atoms with Crippen molar-refractivity contribution in [1.29, 1.82) is 0 Å². The van der Waals surface area contributed by atoms with Gasteiger partial charge in [0.1, 0.15) is 0 Å². The normalized spacial score (nSPS) is 12.8. The van der Waals surface area contributed by atoms with Crippen molar-refractivity contribution in [3.63, 3.8) is 0 Å². The fraction of sp³-hybridized carbons (Fsp3) is 0.0256. The first-order valence-corrected chi connectivity index (χ1v) is 14.4. The maximum atomic E-state index is 14.3. The summed E-state index contributed by atoms with van der Waals surface area (Å²) in [6.45, 7) is 2.09. The lowest BCUT2D eigenvalue weighted by Crippen LogP contribution is -2.30. The van der Waals surface area contributed by atoms with Gasteiger partial charge in [-0.1, -0.05) is 109 Å². The van der Waals surface area contributed by atoms with E-state index in [-0.39, 0.29) is 11.8 Å². The molecule has 1 aromatic heterocycles. The number of para-hydroxylation sites is 2. The topological polar surface area (TPSA) is 42.3 Å². The summed E-state index contributed by atoms with van der Waals surface area (Å²) in [6, 6.07) is 46.3. The van der Waals surface area contributed by atoms with Crippen molar-refractivity contribution < 1.29 is 9.59 Å². The molecule has 2 heterocycles. The molecule has 1 aliphatic heterocycles. The highest BCUT2D eigenvalue weighted by molar-refractivity contribution is 6.36. The molecule has 4 nitrogen and oxygen atoms in total. The molecule has 0 bridgehead atoms. The third kappa shape index (κ3) is 3.84. The van der Waals surface area contributed by atoms with E-state index in [1.807, 2.05) is 78.9 Å². The van der Waals surface area contributed by atoms with Gasteiger partial charge >= 0.3 is 0 Å². The molecule has 8 rings (SSSR count). The minimum atomic E-state index is -0.318. The van der Waals surface area contributed by atoms with Gasteiger partial charge in [0.05, 0.1) is 33.5 Å². The number of hydrogen-bond acceptors (Lipinski definition) is 2. The van der Waals surface area contributed by atoms with Crippen LogP contribution in [0.2, 0.25) is 0 Å². The quantitative estimate of drug-likeness (QED) is 0.204. The number of aromatic nitrogens is 1. The summed E-state index contributed by atoms with van der Waals surface area (Å²) in [5, 5.41) is 2.18. The van der Waals surface area contributed by atoms with Crippen LogP contribution in [-0.4, -0.2) is 16.4 Å². The molecule has 4 heteroatoms. The third-order valence-electron chi connectivity index (χ3n) is 8.42. The molecule has 0 spiro atoms. The number of aryl methyl sites for hydroxylation is 1. The molecule has 0 saturated carbocycles. The average Bonchev–Trinajstić information content (AvgIpc) is 3.52. The Morgan fingerprint density at radius 2 is 1.12 bits per heavy atom. The Bertz CT molecular complexity index is 2230. The largest absolute Gasteiger partial charge is 0.308 e. The summed E-state index contributed by atoms with van der Waals surface area (Å²) in [4.78, 5) is 29.6. The third-order valence-corrected chi connectivity index (χ3v) is 8.42. The second-order valence-electron chi connectivity index (χ2n) is 11.0. The summed E-state index contributed by atoms with van der Waals surface area (Å²) in [5.74, 6) is -0.631. The molecule has 43 heavy (non-hydrogen) atoms. The number of benzene rings is 6. The first-order chi connectivity index (χ1) is 21.1. The second-order valence-corrected chi connectivity index (χ2v) is 11.0.